The predicted octanol–water partition coefficient (Wildman–Crippen LogP) is 3.41. The maximum absolute atomic E-state index is 13.8. The average Bonchev–Trinajstić information content (AvgIpc) is 2.36. The third-order valence-corrected chi connectivity index (χ3v) is 3.45. The smallest absolute Gasteiger partial charge is 0.143 e. The van der Waals surface area contributed by atoms with Crippen LogP contribution in [-0.2, 0) is 11.2 Å². The molecule has 102 valence electrons. The minimum atomic E-state index is -0.586. The Hall–Kier alpha value is -0.520. The molecule has 2 atom stereocenters. The van der Waals surface area contributed by atoms with Crippen LogP contribution in [0.25, 0.3) is 0 Å². The van der Waals surface area contributed by atoms with Crippen molar-refractivity contribution >= 4 is 15.9 Å². The van der Waals surface area contributed by atoms with Crippen molar-refractivity contribution in [1.29, 1.82) is 0 Å². The van der Waals surface area contributed by atoms with E-state index in [-0.39, 0.29) is 22.6 Å². The van der Waals surface area contributed by atoms with Crippen LogP contribution in [0.15, 0.2) is 16.6 Å². The number of nitrogens with two attached hydrogens (primary N) is 1. The van der Waals surface area contributed by atoms with Gasteiger partial charge in [-0.05, 0) is 47.8 Å². The quantitative estimate of drug-likeness (QED) is 0.815. The Kier molecular flexibility index (Phi) is 6.18. The Labute approximate surface area is 115 Å². The van der Waals surface area contributed by atoms with Crippen LogP contribution in [-0.4, -0.2) is 18.8 Å². The van der Waals surface area contributed by atoms with Gasteiger partial charge < -0.3 is 10.5 Å². The summed E-state index contributed by atoms with van der Waals surface area (Å²) in [6.45, 7) is 4.35. The van der Waals surface area contributed by atoms with E-state index >= 15 is 0 Å². The zero-order chi connectivity index (χ0) is 13.7. The maximum atomic E-state index is 13.8. The van der Waals surface area contributed by atoms with Crippen LogP contribution in [0.4, 0.5) is 8.78 Å². The molecule has 0 aliphatic rings. The molecule has 0 heterocycles. The highest BCUT2D eigenvalue weighted by Crippen LogP contribution is 2.23. The van der Waals surface area contributed by atoms with E-state index < -0.39 is 17.7 Å². The fraction of sp³-hybridized carbons (Fsp3) is 0.538. The second kappa shape index (κ2) is 7.16. The molecule has 0 aromatic heterocycles. The molecule has 0 bridgehead atoms. The topological polar surface area (TPSA) is 35.2 Å². The molecule has 0 saturated heterocycles. The molecule has 0 amide bonds. The number of hydrogen-bond acceptors (Lipinski definition) is 2. The predicted molar refractivity (Wildman–Crippen MR) is 71.4 cm³/mol. The van der Waals surface area contributed by atoms with E-state index in [1.54, 1.807) is 0 Å². The molecule has 0 saturated carbocycles. The second-order valence-corrected chi connectivity index (χ2v) is 4.95. The molecule has 2 unspecified atom stereocenters. The van der Waals surface area contributed by atoms with Crippen molar-refractivity contribution in [3.8, 4) is 0 Å². The fourth-order valence-corrected chi connectivity index (χ4v) is 2.25. The average molecular weight is 322 g/mol. The number of hydrogen-bond donors (Lipinski definition) is 1. The molecule has 2 nitrogen and oxygen atoms in total. The van der Waals surface area contributed by atoms with Crippen LogP contribution >= 0.6 is 15.9 Å². The zero-order valence-corrected chi connectivity index (χ0v) is 12.1. The summed E-state index contributed by atoms with van der Waals surface area (Å²) in [5.74, 6) is -1.16. The van der Waals surface area contributed by atoms with Crippen molar-refractivity contribution in [1.82, 2.24) is 0 Å². The Bertz CT molecular complexity index is 401. The zero-order valence-electron chi connectivity index (χ0n) is 10.6. The van der Waals surface area contributed by atoms with E-state index in [4.69, 9.17) is 10.5 Å². The Morgan fingerprint density at radius 1 is 1.33 bits per heavy atom. The van der Waals surface area contributed by atoms with Crippen molar-refractivity contribution in [3.63, 3.8) is 0 Å². The largest absolute Gasteiger partial charge is 0.377 e. The molecular weight excluding hydrogens is 304 g/mol. The molecule has 0 fully saturated rings. The molecule has 0 aliphatic heterocycles. The first-order chi connectivity index (χ1) is 8.51. The lowest BCUT2D eigenvalue weighted by molar-refractivity contribution is 0.0414. The molecule has 1 aromatic carbocycles. The van der Waals surface area contributed by atoms with Gasteiger partial charge in [0.15, 0.2) is 0 Å². The summed E-state index contributed by atoms with van der Waals surface area (Å²) in [7, 11) is 0. The fourth-order valence-electron chi connectivity index (χ4n) is 1.88. The molecule has 0 aliphatic carbocycles. The van der Waals surface area contributed by atoms with Crippen molar-refractivity contribution in [3.05, 3.63) is 33.8 Å². The summed E-state index contributed by atoms with van der Waals surface area (Å²) in [5.41, 5.74) is 5.97. The van der Waals surface area contributed by atoms with Crippen LogP contribution in [0.5, 0.6) is 0 Å². The molecule has 1 rings (SSSR count). The van der Waals surface area contributed by atoms with Crippen molar-refractivity contribution in [2.24, 2.45) is 5.73 Å². The van der Waals surface area contributed by atoms with Gasteiger partial charge in [-0.25, -0.2) is 8.78 Å². The maximum Gasteiger partial charge on any atom is 0.143 e. The molecule has 0 radical (unpaired) electrons. The van der Waals surface area contributed by atoms with Gasteiger partial charge in [0.25, 0.3) is 0 Å². The highest BCUT2D eigenvalue weighted by atomic mass is 79.9. The summed E-state index contributed by atoms with van der Waals surface area (Å²) in [5, 5.41) is 0. The number of benzene rings is 1. The van der Waals surface area contributed by atoms with Gasteiger partial charge in [0, 0.05) is 18.2 Å². The minimum absolute atomic E-state index is 0.00929. The van der Waals surface area contributed by atoms with Crippen LogP contribution < -0.4 is 5.73 Å². The molecule has 18 heavy (non-hydrogen) atoms. The molecule has 0 spiro atoms. The molecular formula is C13H18BrF2NO. The SMILES string of the molecule is CCOC(CC)C(N)Cc1c(F)ccc(Br)c1F. The molecule has 2 N–H and O–H groups in total. The summed E-state index contributed by atoms with van der Waals surface area (Å²) in [6, 6.07) is 2.16. The van der Waals surface area contributed by atoms with Crippen LogP contribution in [0.3, 0.4) is 0 Å². The summed E-state index contributed by atoms with van der Waals surface area (Å²) < 4.78 is 33.1. The van der Waals surface area contributed by atoms with E-state index in [1.807, 2.05) is 13.8 Å². The second-order valence-electron chi connectivity index (χ2n) is 4.09. The first kappa shape index (κ1) is 15.5. The standard InChI is InChI=1S/C13H18BrF2NO/c1-3-12(18-4-2)11(17)7-8-10(15)6-5-9(14)13(8)16/h5-6,11-12H,3-4,7,17H2,1-2H3. The van der Waals surface area contributed by atoms with Gasteiger partial charge in [0.05, 0.1) is 10.6 Å². The Morgan fingerprint density at radius 2 is 2.00 bits per heavy atom. The monoisotopic (exact) mass is 321 g/mol. The van der Waals surface area contributed by atoms with Crippen LogP contribution in [0.2, 0.25) is 0 Å². The molecule has 5 heteroatoms. The van der Waals surface area contributed by atoms with Crippen LogP contribution in [0, 0.1) is 11.6 Å². The van der Waals surface area contributed by atoms with Crippen LogP contribution in [0.1, 0.15) is 25.8 Å². The lowest BCUT2D eigenvalue weighted by Crippen LogP contribution is -2.38. The summed E-state index contributed by atoms with van der Waals surface area (Å²) >= 11 is 3.04. The van der Waals surface area contributed by atoms with E-state index in [2.05, 4.69) is 15.9 Å². The van der Waals surface area contributed by atoms with Gasteiger partial charge in [0.2, 0.25) is 0 Å². The van der Waals surface area contributed by atoms with Gasteiger partial charge in [0.1, 0.15) is 11.6 Å². The Balaban J connectivity index is 2.87. The molecule has 1 aromatic rings. The third-order valence-electron chi connectivity index (χ3n) is 2.84. The van der Waals surface area contributed by atoms with Gasteiger partial charge >= 0.3 is 0 Å². The van der Waals surface area contributed by atoms with E-state index in [0.29, 0.717) is 13.0 Å². The normalized spacial score (nSPS) is 14.6. The number of rotatable bonds is 6. The summed E-state index contributed by atoms with van der Waals surface area (Å²) in [4.78, 5) is 0. The van der Waals surface area contributed by atoms with Gasteiger partial charge in [-0.2, -0.15) is 0 Å². The highest BCUT2D eigenvalue weighted by Gasteiger charge is 2.21. The third kappa shape index (κ3) is 3.73. The van der Waals surface area contributed by atoms with Gasteiger partial charge in [-0.15, -0.1) is 0 Å². The number of ether oxygens (including phenoxy) is 1. The summed E-state index contributed by atoms with van der Waals surface area (Å²) in [6.07, 6.45) is 0.648. The lowest BCUT2D eigenvalue weighted by atomic mass is 9.99. The lowest BCUT2D eigenvalue weighted by Gasteiger charge is -2.23. The van der Waals surface area contributed by atoms with Gasteiger partial charge in [-0.1, -0.05) is 6.92 Å². The van der Waals surface area contributed by atoms with E-state index in [0.717, 1.165) is 0 Å². The Morgan fingerprint density at radius 3 is 2.56 bits per heavy atom. The van der Waals surface area contributed by atoms with Gasteiger partial charge in [-0.3, -0.25) is 0 Å². The highest BCUT2D eigenvalue weighted by molar-refractivity contribution is 9.10. The van der Waals surface area contributed by atoms with Crippen molar-refractivity contribution in [2.45, 2.75) is 38.8 Å². The number of halogens is 3. The van der Waals surface area contributed by atoms with E-state index in [9.17, 15) is 8.78 Å². The van der Waals surface area contributed by atoms with Crippen molar-refractivity contribution in [2.75, 3.05) is 6.61 Å². The minimum Gasteiger partial charge on any atom is -0.377 e. The first-order valence-electron chi connectivity index (χ1n) is 6.00. The first-order valence-corrected chi connectivity index (χ1v) is 6.80. The van der Waals surface area contributed by atoms with E-state index in [1.165, 1.54) is 12.1 Å². The van der Waals surface area contributed by atoms with Crippen molar-refractivity contribution < 1.29 is 13.5 Å².